The topological polar surface area (TPSA) is 96.7 Å². The van der Waals surface area contributed by atoms with Gasteiger partial charge in [-0.25, -0.2) is 4.98 Å². The fraction of sp³-hybridized carbons (Fsp3) is 0.286. The molecule has 0 saturated carbocycles. The maximum absolute atomic E-state index is 13.1. The summed E-state index contributed by atoms with van der Waals surface area (Å²) in [4.78, 5) is 17.5. The van der Waals surface area contributed by atoms with E-state index in [1.807, 2.05) is 54.6 Å². The van der Waals surface area contributed by atoms with Crippen LogP contribution in [0.2, 0.25) is 0 Å². The Morgan fingerprint density at radius 3 is 2.25 bits per heavy atom. The Labute approximate surface area is 171 Å². The fourth-order valence-corrected chi connectivity index (χ4v) is 3.34. The lowest BCUT2D eigenvalue weighted by molar-refractivity contribution is -0.121. The third kappa shape index (κ3) is 4.24. The largest absolute Gasteiger partial charge is 0.325 e. The zero-order valence-corrected chi connectivity index (χ0v) is 16.9. The number of carbonyl (C=O) groups is 1. The van der Waals surface area contributed by atoms with Gasteiger partial charge in [-0.1, -0.05) is 44.2 Å². The summed E-state index contributed by atoms with van der Waals surface area (Å²) in [6.45, 7) is 4.42. The molecule has 4 N–H and O–H groups in total. The summed E-state index contributed by atoms with van der Waals surface area (Å²) < 4.78 is 0. The highest BCUT2D eigenvalue weighted by atomic mass is 35.5. The molecule has 1 amide bonds. The maximum atomic E-state index is 13.1. The summed E-state index contributed by atoms with van der Waals surface area (Å²) >= 11 is 0. The zero-order valence-electron chi connectivity index (χ0n) is 16.1. The molecule has 0 bridgehead atoms. The first-order valence-electron chi connectivity index (χ1n) is 9.21. The van der Waals surface area contributed by atoms with E-state index in [-0.39, 0.29) is 18.3 Å². The van der Waals surface area contributed by atoms with Crippen molar-refractivity contribution in [3.63, 3.8) is 0 Å². The summed E-state index contributed by atoms with van der Waals surface area (Å²) in [6, 6.07) is 17.5. The number of amides is 1. The van der Waals surface area contributed by atoms with Gasteiger partial charge in [-0.2, -0.15) is 5.10 Å². The molecule has 2 aromatic carbocycles. The molecule has 1 aromatic heterocycles. The summed E-state index contributed by atoms with van der Waals surface area (Å²) in [5, 5.41) is 10.0. The van der Waals surface area contributed by atoms with Crippen LogP contribution in [-0.2, 0) is 16.8 Å². The molecule has 0 spiro atoms. The van der Waals surface area contributed by atoms with Crippen molar-refractivity contribution in [2.75, 3.05) is 5.32 Å². The molecule has 28 heavy (non-hydrogen) atoms. The number of benzene rings is 2. The first kappa shape index (κ1) is 21.6. The van der Waals surface area contributed by atoms with Gasteiger partial charge in [-0.3, -0.25) is 9.89 Å². The van der Waals surface area contributed by atoms with Crippen LogP contribution in [0, 0.1) is 0 Å². The molecule has 0 aliphatic heterocycles. The number of nitrogens with two attached hydrogens (primary N) is 1. The van der Waals surface area contributed by atoms with Gasteiger partial charge in [-0.15, -0.1) is 12.4 Å². The van der Waals surface area contributed by atoms with Crippen molar-refractivity contribution in [1.29, 1.82) is 0 Å². The Kier molecular flexibility index (Phi) is 7.31. The highest BCUT2D eigenvalue weighted by Gasteiger charge is 2.36. The maximum Gasteiger partial charge on any atom is 0.235 e. The zero-order chi connectivity index (χ0) is 19.3. The third-order valence-corrected chi connectivity index (χ3v) is 5.09. The summed E-state index contributed by atoms with van der Waals surface area (Å²) in [7, 11) is 0. The number of H-pyrrole nitrogens is 1. The van der Waals surface area contributed by atoms with Crippen molar-refractivity contribution in [1.82, 2.24) is 15.2 Å². The quantitative estimate of drug-likeness (QED) is 0.558. The second kappa shape index (κ2) is 9.48. The van der Waals surface area contributed by atoms with Gasteiger partial charge < -0.3 is 11.1 Å². The van der Waals surface area contributed by atoms with E-state index >= 15 is 0 Å². The number of anilines is 1. The molecule has 0 fully saturated rings. The highest BCUT2D eigenvalue weighted by molar-refractivity contribution is 5.99. The lowest BCUT2D eigenvalue weighted by Crippen LogP contribution is -2.39. The molecule has 0 aliphatic rings. The van der Waals surface area contributed by atoms with Gasteiger partial charge in [0.25, 0.3) is 0 Å². The van der Waals surface area contributed by atoms with Crippen LogP contribution in [0.5, 0.6) is 0 Å². The monoisotopic (exact) mass is 399 g/mol. The summed E-state index contributed by atoms with van der Waals surface area (Å²) in [5.41, 5.74) is 7.67. The smallest absolute Gasteiger partial charge is 0.235 e. The van der Waals surface area contributed by atoms with Crippen molar-refractivity contribution in [2.24, 2.45) is 5.73 Å². The van der Waals surface area contributed by atoms with Gasteiger partial charge in [0.2, 0.25) is 5.91 Å². The number of halogens is 1. The van der Waals surface area contributed by atoms with E-state index < -0.39 is 5.41 Å². The van der Waals surface area contributed by atoms with Crippen LogP contribution in [0.25, 0.3) is 11.4 Å². The molecule has 0 saturated heterocycles. The van der Waals surface area contributed by atoms with E-state index in [0.29, 0.717) is 18.2 Å². The van der Waals surface area contributed by atoms with Crippen molar-refractivity contribution >= 4 is 24.0 Å². The van der Waals surface area contributed by atoms with Crippen molar-refractivity contribution in [3.05, 3.63) is 66.0 Å². The molecule has 1 heterocycles. The number of hydrogen-bond donors (Lipinski definition) is 3. The lowest BCUT2D eigenvalue weighted by Gasteiger charge is -2.31. The normalized spacial score (nSPS) is 11.0. The minimum absolute atomic E-state index is 0. The van der Waals surface area contributed by atoms with Crippen LogP contribution in [0.1, 0.15) is 38.1 Å². The molecule has 3 rings (SSSR count). The Morgan fingerprint density at radius 2 is 1.71 bits per heavy atom. The van der Waals surface area contributed by atoms with E-state index in [1.54, 1.807) is 0 Å². The molecule has 7 heteroatoms. The molecule has 0 aliphatic carbocycles. The van der Waals surface area contributed by atoms with E-state index in [9.17, 15) is 4.79 Å². The molecular weight excluding hydrogens is 374 g/mol. The van der Waals surface area contributed by atoms with Crippen molar-refractivity contribution in [3.8, 4) is 11.4 Å². The molecule has 0 radical (unpaired) electrons. The molecule has 6 nitrogen and oxygen atoms in total. The Bertz CT molecular complexity index is 889. The first-order chi connectivity index (χ1) is 13.1. The Balaban J connectivity index is 0.00000280. The van der Waals surface area contributed by atoms with Crippen molar-refractivity contribution in [2.45, 2.75) is 38.6 Å². The molecule has 3 aromatic rings. The van der Waals surface area contributed by atoms with Crippen LogP contribution in [0.3, 0.4) is 0 Å². The minimum Gasteiger partial charge on any atom is -0.325 e. The van der Waals surface area contributed by atoms with Gasteiger partial charge in [0.15, 0.2) is 5.82 Å². The van der Waals surface area contributed by atoms with Gasteiger partial charge in [0, 0.05) is 11.3 Å². The predicted octanol–water partition coefficient (Wildman–Crippen LogP) is 4.05. The van der Waals surface area contributed by atoms with Crippen LogP contribution in [0.15, 0.2) is 54.6 Å². The number of rotatable bonds is 7. The fourth-order valence-electron chi connectivity index (χ4n) is 3.34. The number of aromatic amines is 1. The summed E-state index contributed by atoms with van der Waals surface area (Å²) in [5.74, 6) is 1.24. The Morgan fingerprint density at radius 1 is 1.07 bits per heavy atom. The van der Waals surface area contributed by atoms with Crippen molar-refractivity contribution < 1.29 is 4.79 Å². The standard InChI is InChI=1S/C21H25N5O.ClH/c1-3-21(4-2,16-8-6-5-7-9-16)20(27)23-17-12-10-15(11-13-17)19-24-18(14-22)25-26-19;/h5-13H,3-4,14,22H2,1-2H3,(H,23,27)(H,24,25,26);1H. The molecular formula is C21H26ClN5O. The first-order valence-corrected chi connectivity index (χ1v) is 9.21. The predicted molar refractivity (Wildman–Crippen MR) is 114 cm³/mol. The molecule has 0 atom stereocenters. The summed E-state index contributed by atoms with van der Waals surface area (Å²) in [6.07, 6.45) is 1.47. The van der Waals surface area contributed by atoms with Gasteiger partial charge in [0.1, 0.15) is 5.82 Å². The number of nitrogens with one attached hydrogen (secondary N) is 2. The second-order valence-corrected chi connectivity index (χ2v) is 6.50. The molecule has 148 valence electrons. The number of hydrogen-bond acceptors (Lipinski definition) is 4. The third-order valence-electron chi connectivity index (χ3n) is 5.09. The van der Waals surface area contributed by atoms with Gasteiger partial charge in [0.05, 0.1) is 12.0 Å². The Hall–Kier alpha value is -2.70. The lowest BCUT2D eigenvalue weighted by atomic mass is 9.75. The highest BCUT2D eigenvalue weighted by Crippen LogP contribution is 2.33. The average molecular weight is 400 g/mol. The van der Waals surface area contributed by atoms with E-state index in [1.165, 1.54) is 0 Å². The van der Waals surface area contributed by atoms with E-state index in [2.05, 4.69) is 34.3 Å². The van der Waals surface area contributed by atoms with Crippen LogP contribution < -0.4 is 11.1 Å². The van der Waals surface area contributed by atoms with Crippen LogP contribution >= 0.6 is 12.4 Å². The van der Waals surface area contributed by atoms with Gasteiger partial charge in [-0.05, 0) is 42.7 Å². The van der Waals surface area contributed by atoms with E-state index in [0.717, 1.165) is 29.7 Å². The number of aromatic nitrogens is 3. The van der Waals surface area contributed by atoms with E-state index in [4.69, 9.17) is 5.73 Å². The number of carbonyl (C=O) groups excluding carboxylic acids is 1. The number of nitrogens with zero attached hydrogens (tertiary/aromatic N) is 2. The SMILES string of the molecule is CCC(CC)(C(=O)Nc1ccc(-c2n[nH]c(CN)n2)cc1)c1ccccc1.Cl. The van der Waals surface area contributed by atoms with Gasteiger partial charge >= 0.3 is 0 Å². The van der Waals surface area contributed by atoms with Crippen LogP contribution in [-0.4, -0.2) is 21.1 Å². The minimum atomic E-state index is -0.542. The van der Waals surface area contributed by atoms with Crippen LogP contribution in [0.4, 0.5) is 5.69 Å². The second-order valence-electron chi connectivity index (χ2n) is 6.50. The molecule has 0 unspecified atom stereocenters. The average Bonchev–Trinajstić information content (AvgIpc) is 3.20.